The molecule has 1 fully saturated rings. The van der Waals surface area contributed by atoms with Crippen LogP contribution in [0.5, 0.6) is 0 Å². The van der Waals surface area contributed by atoms with E-state index in [1.165, 1.54) is 57.8 Å². The third kappa shape index (κ3) is 4.10. The van der Waals surface area contributed by atoms with Gasteiger partial charge >= 0.3 is 0 Å². The van der Waals surface area contributed by atoms with Crippen molar-refractivity contribution in [2.45, 2.75) is 63.9 Å². The lowest BCUT2D eigenvalue weighted by Gasteiger charge is -2.16. The molecule has 0 atom stereocenters. The average molecular weight is 169 g/mol. The van der Waals surface area contributed by atoms with Crippen LogP contribution in [-0.4, -0.2) is 6.10 Å². The molecule has 0 unspecified atom stereocenters. The minimum atomic E-state index is 0.447. The van der Waals surface area contributed by atoms with Gasteiger partial charge < -0.3 is 4.74 Å². The van der Waals surface area contributed by atoms with Crippen LogP contribution in [0.3, 0.4) is 0 Å². The van der Waals surface area contributed by atoms with Crippen LogP contribution >= 0.6 is 0 Å². The van der Waals surface area contributed by atoms with Gasteiger partial charge in [-0.15, -0.1) is 0 Å². The van der Waals surface area contributed by atoms with Crippen molar-refractivity contribution in [1.29, 1.82) is 0 Å². The Bertz CT molecular complexity index is 91.2. The normalized spacial score (nSPS) is 23.8. The molecule has 0 bridgehead atoms. The molecule has 0 aromatic carbocycles. The minimum absolute atomic E-state index is 0.447. The molecule has 1 aliphatic rings. The Morgan fingerprint density at radius 2 is 1.17 bits per heavy atom. The summed E-state index contributed by atoms with van der Waals surface area (Å²) in [6.07, 6.45) is 12.6. The molecule has 0 aliphatic heterocycles. The number of hydrogen-bond donors (Lipinski definition) is 0. The van der Waals surface area contributed by atoms with E-state index in [2.05, 4.69) is 7.11 Å². The average Bonchev–Trinajstić information content (AvgIpc) is 2.14. The van der Waals surface area contributed by atoms with Crippen molar-refractivity contribution in [3.8, 4) is 0 Å². The van der Waals surface area contributed by atoms with Crippen LogP contribution in [0.4, 0.5) is 0 Å². The Balaban J connectivity index is 2.17. The zero-order valence-electron chi connectivity index (χ0n) is 8.06. The van der Waals surface area contributed by atoms with E-state index >= 15 is 0 Å². The summed E-state index contributed by atoms with van der Waals surface area (Å²) in [6, 6.07) is 0. The van der Waals surface area contributed by atoms with Gasteiger partial charge in [0, 0.05) is 0 Å². The number of rotatable bonds is 1. The first-order valence-corrected chi connectivity index (χ1v) is 5.34. The standard InChI is InChI=1S/C11H21O/c1-12-11-9-7-5-3-2-4-6-8-10-11/h11H,1-10H2. The van der Waals surface area contributed by atoms with Gasteiger partial charge in [-0.25, -0.2) is 0 Å². The molecule has 0 aromatic heterocycles. The number of hydrogen-bond acceptors (Lipinski definition) is 1. The second-order valence-corrected chi connectivity index (χ2v) is 3.84. The molecular weight excluding hydrogens is 148 g/mol. The topological polar surface area (TPSA) is 9.23 Å². The van der Waals surface area contributed by atoms with Gasteiger partial charge in [0.05, 0.1) is 13.2 Å². The summed E-state index contributed by atoms with van der Waals surface area (Å²) in [5.41, 5.74) is 0. The Labute approximate surface area is 76.5 Å². The summed E-state index contributed by atoms with van der Waals surface area (Å²) in [6.45, 7) is 0. The first-order chi connectivity index (χ1) is 5.93. The predicted molar refractivity (Wildman–Crippen MR) is 51.8 cm³/mol. The van der Waals surface area contributed by atoms with Crippen molar-refractivity contribution < 1.29 is 4.74 Å². The smallest absolute Gasteiger partial charge is 0.0704 e. The highest BCUT2D eigenvalue weighted by molar-refractivity contribution is 4.61. The van der Waals surface area contributed by atoms with E-state index in [9.17, 15) is 0 Å². The molecule has 71 valence electrons. The van der Waals surface area contributed by atoms with Gasteiger partial charge in [0.1, 0.15) is 0 Å². The van der Waals surface area contributed by atoms with Crippen LogP contribution in [0.25, 0.3) is 0 Å². The van der Waals surface area contributed by atoms with Gasteiger partial charge in [0.15, 0.2) is 0 Å². The van der Waals surface area contributed by atoms with Crippen molar-refractivity contribution in [3.63, 3.8) is 0 Å². The quantitative estimate of drug-likeness (QED) is 0.581. The van der Waals surface area contributed by atoms with Gasteiger partial charge in [-0.05, 0) is 12.8 Å². The third-order valence-corrected chi connectivity index (χ3v) is 2.79. The predicted octanol–water partition coefficient (Wildman–Crippen LogP) is 3.69. The molecule has 0 spiro atoms. The zero-order chi connectivity index (χ0) is 8.65. The van der Waals surface area contributed by atoms with Crippen LogP contribution < -0.4 is 0 Å². The molecule has 1 radical (unpaired) electrons. The highest BCUT2D eigenvalue weighted by atomic mass is 16.5. The van der Waals surface area contributed by atoms with E-state index in [4.69, 9.17) is 4.74 Å². The molecule has 0 amide bonds. The molecule has 1 nitrogen and oxygen atoms in total. The maximum Gasteiger partial charge on any atom is 0.0704 e. The van der Waals surface area contributed by atoms with Crippen LogP contribution in [0, 0.1) is 7.11 Å². The van der Waals surface area contributed by atoms with Crippen molar-refractivity contribution in [2.24, 2.45) is 0 Å². The third-order valence-electron chi connectivity index (χ3n) is 2.79. The molecular formula is C11H21O. The van der Waals surface area contributed by atoms with Gasteiger partial charge in [-0.2, -0.15) is 0 Å². The van der Waals surface area contributed by atoms with E-state index in [0.717, 1.165) is 0 Å². The first-order valence-electron chi connectivity index (χ1n) is 5.34. The summed E-state index contributed by atoms with van der Waals surface area (Å²) in [5.74, 6) is 0. The molecule has 1 aliphatic carbocycles. The van der Waals surface area contributed by atoms with E-state index < -0.39 is 0 Å². The van der Waals surface area contributed by atoms with E-state index in [1.54, 1.807) is 0 Å². The molecule has 0 aromatic rings. The Morgan fingerprint density at radius 3 is 1.58 bits per heavy atom. The molecule has 0 N–H and O–H groups in total. The Kier molecular flexibility index (Phi) is 5.42. The fraction of sp³-hybridized carbons (Fsp3) is 0.909. The summed E-state index contributed by atoms with van der Waals surface area (Å²) >= 11 is 0. The van der Waals surface area contributed by atoms with Gasteiger partial charge in [-0.3, -0.25) is 0 Å². The Morgan fingerprint density at radius 1 is 0.750 bits per heavy atom. The highest BCUT2D eigenvalue weighted by Gasteiger charge is 2.07. The highest BCUT2D eigenvalue weighted by Crippen LogP contribution is 2.18. The summed E-state index contributed by atoms with van der Waals surface area (Å²) in [7, 11) is 3.54. The second kappa shape index (κ2) is 6.47. The largest absolute Gasteiger partial charge is 0.376 e. The Hall–Kier alpha value is -0.0400. The maximum atomic E-state index is 5.17. The number of ether oxygens (including phenoxy) is 1. The van der Waals surface area contributed by atoms with Crippen LogP contribution in [0.15, 0.2) is 0 Å². The fourth-order valence-electron chi connectivity index (χ4n) is 1.94. The van der Waals surface area contributed by atoms with Crippen LogP contribution in [-0.2, 0) is 4.74 Å². The summed E-state index contributed by atoms with van der Waals surface area (Å²) < 4.78 is 5.17. The minimum Gasteiger partial charge on any atom is -0.376 e. The maximum absolute atomic E-state index is 5.17. The molecule has 1 saturated carbocycles. The van der Waals surface area contributed by atoms with Crippen LogP contribution in [0.2, 0.25) is 0 Å². The summed E-state index contributed by atoms with van der Waals surface area (Å²) in [5, 5.41) is 0. The zero-order valence-corrected chi connectivity index (χ0v) is 8.06. The monoisotopic (exact) mass is 169 g/mol. The summed E-state index contributed by atoms with van der Waals surface area (Å²) in [4.78, 5) is 0. The van der Waals surface area contributed by atoms with Gasteiger partial charge in [0.2, 0.25) is 0 Å². The van der Waals surface area contributed by atoms with Crippen molar-refractivity contribution in [1.82, 2.24) is 0 Å². The molecule has 1 heteroatoms. The lowest BCUT2D eigenvalue weighted by atomic mass is 9.99. The molecule has 1 rings (SSSR count). The van der Waals surface area contributed by atoms with E-state index in [-0.39, 0.29) is 0 Å². The van der Waals surface area contributed by atoms with E-state index in [1.807, 2.05) is 0 Å². The lowest BCUT2D eigenvalue weighted by molar-refractivity contribution is 0.113. The molecule has 12 heavy (non-hydrogen) atoms. The molecule has 0 heterocycles. The fourth-order valence-corrected chi connectivity index (χ4v) is 1.94. The van der Waals surface area contributed by atoms with Crippen molar-refractivity contribution in [3.05, 3.63) is 7.11 Å². The lowest BCUT2D eigenvalue weighted by Crippen LogP contribution is -2.09. The van der Waals surface area contributed by atoms with Crippen molar-refractivity contribution >= 4 is 0 Å². The van der Waals surface area contributed by atoms with Crippen LogP contribution in [0.1, 0.15) is 57.8 Å². The second-order valence-electron chi connectivity index (χ2n) is 3.84. The van der Waals surface area contributed by atoms with Gasteiger partial charge in [0.25, 0.3) is 0 Å². The van der Waals surface area contributed by atoms with Gasteiger partial charge in [-0.1, -0.05) is 44.9 Å². The van der Waals surface area contributed by atoms with Crippen molar-refractivity contribution in [2.75, 3.05) is 0 Å². The SMILES string of the molecule is [CH2]OC1CCCCCCCCC1. The first kappa shape index (κ1) is 10.0. The molecule has 0 saturated heterocycles. The van der Waals surface area contributed by atoms with E-state index in [0.29, 0.717) is 6.10 Å².